The van der Waals surface area contributed by atoms with Gasteiger partial charge in [0.25, 0.3) is 15.9 Å². The lowest BCUT2D eigenvalue weighted by molar-refractivity contribution is 0.0483. The second-order valence-electron chi connectivity index (χ2n) is 7.20. The number of aryl methyl sites for hydroxylation is 1. The summed E-state index contributed by atoms with van der Waals surface area (Å²) in [5, 5.41) is 0.0912. The van der Waals surface area contributed by atoms with Crippen LogP contribution in [0.5, 0.6) is 0 Å². The molecule has 0 radical (unpaired) electrons. The van der Waals surface area contributed by atoms with Crippen molar-refractivity contribution in [3.8, 4) is 0 Å². The first-order chi connectivity index (χ1) is 15.2. The summed E-state index contributed by atoms with van der Waals surface area (Å²) >= 11 is 1.23. The largest absolute Gasteiger partial charge is 0.460 e. The molecule has 170 valence electrons. The lowest BCUT2D eigenvalue weighted by Gasteiger charge is -2.33. The number of benzene rings is 1. The minimum atomic E-state index is -3.96. The van der Waals surface area contributed by atoms with Crippen LogP contribution in [0.3, 0.4) is 0 Å². The Morgan fingerprint density at radius 2 is 1.88 bits per heavy atom. The van der Waals surface area contributed by atoms with Crippen molar-refractivity contribution < 1.29 is 31.6 Å². The second-order valence-corrected chi connectivity index (χ2v) is 10.1. The predicted octanol–water partition coefficient (Wildman–Crippen LogP) is 3.27. The molecule has 2 aromatic heterocycles. The van der Waals surface area contributed by atoms with Crippen LogP contribution in [0.2, 0.25) is 0 Å². The molecule has 3 aromatic rings. The molecule has 0 atom stereocenters. The van der Waals surface area contributed by atoms with Gasteiger partial charge in [0.2, 0.25) is 10.9 Å². The van der Waals surface area contributed by atoms with Crippen LogP contribution in [0, 0.1) is 12.7 Å². The molecule has 8 nitrogen and oxygen atoms in total. The van der Waals surface area contributed by atoms with Crippen molar-refractivity contribution in [1.29, 1.82) is 0 Å². The molecule has 0 aliphatic carbocycles. The summed E-state index contributed by atoms with van der Waals surface area (Å²) < 4.78 is 51.8. The lowest BCUT2D eigenvalue weighted by Crippen LogP contribution is -2.50. The van der Waals surface area contributed by atoms with Crippen LogP contribution in [-0.2, 0) is 14.8 Å². The van der Waals surface area contributed by atoms with Gasteiger partial charge in [-0.15, -0.1) is 11.3 Å². The van der Waals surface area contributed by atoms with Gasteiger partial charge in [-0.25, -0.2) is 17.6 Å². The van der Waals surface area contributed by atoms with Crippen LogP contribution in [-0.4, -0.2) is 62.3 Å². The molecule has 1 amide bonds. The van der Waals surface area contributed by atoms with E-state index in [2.05, 4.69) is 0 Å². The number of hydrogen-bond donors (Lipinski definition) is 0. The third-order valence-electron chi connectivity index (χ3n) is 5.28. The maximum absolute atomic E-state index is 14.2. The summed E-state index contributed by atoms with van der Waals surface area (Å²) in [5.41, 5.74) is 0.588. The van der Waals surface area contributed by atoms with Gasteiger partial charge in [-0.1, -0.05) is 6.07 Å². The molecule has 0 N–H and O–H groups in total. The number of fused-ring (bicyclic) bond motifs is 1. The van der Waals surface area contributed by atoms with Gasteiger partial charge < -0.3 is 14.1 Å². The fourth-order valence-corrected chi connectivity index (χ4v) is 6.15. The van der Waals surface area contributed by atoms with E-state index in [1.54, 1.807) is 30.9 Å². The summed E-state index contributed by atoms with van der Waals surface area (Å²) in [5.74, 6) is -1.54. The summed E-state index contributed by atoms with van der Waals surface area (Å²) in [6, 6.07) is 7.21. The van der Waals surface area contributed by atoms with Crippen LogP contribution in [0.4, 0.5) is 4.39 Å². The Morgan fingerprint density at radius 1 is 1.16 bits per heavy atom. The van der Waals surface area contributed by atoms with E-state index in [1.165, 1.54) is 33.8 Å². The highest BCUT2D eigenvalue weighted by Crippen LogP contribution is 2.33. The van der Waals surface area contributed by atoms with Crippen molar-refractivity contribution in [2.24, 2.45) is 0 Å². The van der Waals surface area contributed by atoms with Gasteiger partial charge in [0.15, 0.2) is 0 Å². The standard InChI is InChI=1S/C21H21FN2O6S2/c1-3-29-21(26)15-7-8-17(30-15)32(27,28)24-11-9-23(10-12-24)20(25)19-13(2)18-14(22)5-4-6-16(18)31-19/h4-8H,3,9-12H2,1-2H3. The molecule has 0 unspecified atom stereocenters. The van der Waals surface area contributed by atoms with Gasteiger partial charge in [-0.3, -0.25) is 4.79 Å². The van der Waals surface area contributed by atoms with Crippen molar-refractivity contribution in [3.05, 3.63) is 52.3 Å². The molecular formula is C21H21FN2O6S2. The average Bonchev–Trinajstić information content (AvgIpc) is 3.40. The summed E-state index contributed by atoms with van der Waals surface area (Å²) in [6.07, 6.45) is 0. The van der Waals surface area contributed by atoms with Crippen molar-refractivity contribution in [2.75, 3.05) is 32.8 Å². The first-order valence-corrected chi connectivity index (χ1v) is 12.2. The van der Waals surface area contributed by atoms with Crippen LogP contribution >= 0.6 is 11.3 Å². The monoisotopic (exact) mass is 480 g/mol. The van der Waals surface area contributed by atoms with Gasteiger partial charge in [-0.2, -0.15) is 4.31 Å². The van der Waals surface area contributed by atoms with Crippen molar-refractivity contribution >= 4 is 43.3 Å². The Hall–Kier alpha value is -2.76. The van der Waals surface area contributed by atoms with E-state index < -0.39 is 16.0 Å². The van der Waals surface area contributed by atoms with Gasteiger partial charge in [-0.05, 0) is 43.7 Å². The second kappa shape index (κ2) is 8.64. The zero-order valence-corrected chi connectivity index (χ0v) is 19.1. The molecule has 1 aliphatic heterocycles. The average molecular weight is 481 g/mol. The molecular weight excluding hydrogens is 459 g/mol. The Kier molecular flexibility index (Phi) is 6.06. The number of carbonyl (C=O) groups excluding carboxylic acids is 2. The Labute approximate surface area is 188 Å². The maximum atomic E-state index is 14.2. The van der Waals surface area contributed by atoms with Crippen molar-refractivity contribution in [3.63, 3.8) is 0 Å². The van der Waals surface area contributed by atoms with Gasteiger partial charge in [0.05, 0.1) is 11.5 Å². The zero-order chi connectivity index (χ0) is 23.0. The van der Waals surface area contributed by atoms with Crippen molar-refractivity contribution in [2.45, 2.75) is 18.9 Å². The third kappa shape index (κ3) is 3.91. The molecule has 32 heavy (non-hydrogen) atoms. The quantitative estimate of drug-likeness (QED) is 0.520. The van der Waals surface area contributed by atoms with E-state index in [9.17, 15) is 22.4 Å². The highest BCUT2D eigenvalue weighted by Gasteiger charge is 2.34. The third-order valence-corrected chi connectivity index (χ3v) is 8.29. The van der Waals surface area contributed by atoms with E-state index in [0.29, 0.717) is 20.5 Å². The summed E-state index contributed by atoms with van der Waals surface area (Å²) in [7, 11) is -3.96. The minimum absolute atomic E-state index is 0.0712. The molecule has 0 bridgehead atoms. The number of amides is 1. The van der Waals surface area contributed by atoms with E-state index in [1.807, 2.05) is 0 Å². The fourth-order valence-electron chi connectivity index (χ4n) is 3.63. The number of carbonyl (C=O) groups is 2. The first kappa shape index (κ1) is 22.4. The smallest absolute Gasteiger partial charge is 0.374 e. The molecule has 1 aliphatic rings. The van der Waals surface area contributed by atoms with E-state index in [0.717, 1.165) is 0 Å². The van der Waals surface area contributed by atoms with Crippen molar-refractivity contribution in [1.82, 2.24) is 9.21 Å². The number of sulfonamides is 1. The molecule has 1 saturated heterocycles. The number of furan rings is 1. The first-order valence-electron chi connectivity index (χ1n) is 9.98. The summed E-state index contributed by atoms with van der Waals surface area (Å²) in [4.78, 5) is 26.8. The molecule has 3 heterocycles. The normalized spacial score (nSPS) is 15.3. The van der Waals surface area contributed by atoms with Gasteiger partial charge in [0, 0.05) is 36.3 Å². The summed E-state index contributed by atoms with van der Waals surface area (Å²) in [6.45, 7) is 4.00. The van der Waals surface area contributed by atoms with E-state index in [4.69, 9.17) is 9.15 Å². The fraction of sp³-hybridized carbons (Fsp3) is 0.333. The maximum Gasteiger partial charge on any atom is 0.374 e. The van der Waals surface area contributed by atoms with Crippen LogP contribution in [0.15, 0.2) is 39.8 Å². The van der Waals surface area contributed by atoms with Crippen LogP contribution in [0.25, 0.3) is 10.1 Å². The van der Waals surface area contributed by atoms with Gasteiger partial charge >= 0.3 is 5.97 Å². The number of piperazine rings is 1. The van der Waals surface area contributed by atoms with Crippen LogP contribution in [0.1, 0.15) is 32.7 Å². The number of thiophene rings is 1. The number of esters is 1. The lowest BCUT2D eigenvalue weighted by atomic mass is 10.1. The predicted molar refractivity (Wildman–Crippen MR) is 116 cm³/mol. The molecule has 4 rings (SSSR count). The molecule has 0 spiro atoms. The molecule has 11 heteroatoms. The van der Waals surface area contributed by atoms with Crippen LogP contribution < -0.4 is 0 Å². The van der Waals surface area contributed by atoms with E-state index >= 15 is 0 Å². The Morgan fingerprint density at radius 3 is 2.53 bits per heavy atom. The number of ether oxygens (including phenoxy) is 1. The number of rotatable bonds is 5. The number of nitrogens with zero attached hydrogens (tertiary/aromatic N) is 2. The number of halogens is 1. The highest BCUT2D eigenvalue weighted by atomic mass is 32.2. The zero-order valence-electron chi connectivity index (χ0n) is 17.5. The van der Waals surface area contributed by atoms with E-state index in [-0.39, 0.29) is 55.4 Å². The molecule has 0 saturated carbocycles. The molecule has 1 fully saturated rings. The SMILES string of the molecule is CCOC(=O)c1ccc(S(=O)(=O)N2CCN(C(=O)c3sc4cccc(F)c4c3C)CC2)o1. The highest BCUT2D eigenvalue weighted by molar-refractivity contribution is 7.89. The Bertz CT molecular complexity index is 1290. The number of hydrogen-bond acceptors (Lipinski definition) is 7. The topological polar surface area (TPSA) is 97.1 Å². The minimum Gasteiger partial charge on any atom is -0.460 e. The Balaban J connectivity index is 1.47. The van der Waals surface area contributed by atoms with Gasteiger partial charge in [0.1, 0.15) is 5.82 Å². The molecule has 1 aromatic carbocycles.